The number of hydrogen-bond donors (Lipinski definition) is 1. The van der Waals surface area contributed by atoms with Crippen molar-refractivity contribution in [3.8, 4) is 0 Å². The maximum atomic E-state index is 5.52. The zero-order valence-electron chi connectivity index (χ0n) is 10.1. The highest BCUT2D eigenvalue weighted by Crippen LogP contribution is 2.10. The SMILES string of the molecule is CCC(C)Cc1nnc(CNC(C)C)o1. The predicted octanol–water partition coefficient (Wildman–Crippen LogP) is 2.16. The first-order valence-corrected chi connectivity index (χ1v) is 5.66. The highest BCUT2D eigenvalue weighted by molar-refractivity contribution is 4.83. The molecule has 1 aromatic heterocycles. The molecule has 0 fully saturated rings. The summed E-state index contributed by atoms with van der Waals surface area (Å²) in [4.78, 5) is 0. The molecule has 0 saturated heterocycles. The molecule has 0 aliphatic heterocycles. The fourth-order valence-electron chi connectivity index (χ4n) is 1.18. The van der Waals surface area contributed by atoms with Gasteiger partial charge in [-0.25, -0.2) is 0 Å². The molecule has 0 bridgehead atoms. The van der Waals surface area contributed by atoms with Crippen LogP contribution in [0.15, 0.2) is 4.42 Å². The molecule has 86 valence electrons. The van der Waals surface area contributed by atoms with Crippen LogP contribution >= 0.6 is 0 Å². The summed E-state index contributed by atoms with van der Waals surface area (Å²) < 4.78 is 5.52. The molecule has 0 aliphatic rings. The van der Waals surface area contributed by atoms with Gasteiger partial charge in [0, 0.05) is 12.5 Å². The number of nitrogens with zero attached hydrogens (tertiary/aromatic N) is 2. The minimum atomic E-state index is 0.440. The molecular weight excluding hydrogens is 190 g/mol. The van der Waals surface area contributed by atoms with Gasteiger partial charge in [-0.1, -0.05) is 34.1 Å². The quantitative estimate of drug-likeness (QED) is 0.783. The maximum absolute atomic E-state index is 5.52. The first-order chi connectivity index (χ1) is 7.11. The summed E-state index contributed by atoms with van der Waals surface area (Å²) in [6.07, 6.45) is 2.02. The normalized spacial score (nSPS) is 13.4. The van der Waals surface area contributed by atoms with E-state index in [0.717, 1.165) is 18.7 Å². The van der Waals surface area contributed by atoms with E-state index in [4.69, 9.17) is 4.42 Å². The van der Waals surface area contributed by atoms with E-state index < -0.39 is 0 Å². The van der Waals surface area contributed by atoms with Gasteiger partial charge in [0.1, 0.15) is 0 Å². The van der Waals surface area contributed by atoms with Crippen molar-refractivity contribution in [3.05, 3.63) is 11.8 Å². The lowest BCUT2D eigenvalue weighted by molar-refractivity contribution is 0.395. The average Bonchev–Trinajstić information content (AvgIpc) is 2.62. The van der Waals surface area contributed by atoms with Crippen molar-refractivity contribution >= 4 is 0 Å². The van der Waals surface area contributed by atoms with Crippen molar-refractivity contribution in [2.45, 2.75) is 53.1 Å². The summed E-state index contributed by atoms with van der Waals surface area (Å²) in [6.45, 7) is 9.20. The zero-order valence-corrected chi connectivity index (χ0v) is 10.1. The first kappa shape index (κ1) is 12.2. The first-order valence-electron chi connectivity index (χ1n) is 5.66. The lowest BCUT2D eigenvalue weighted by atomic mass is 10.1. The van der Waals surface area contributed by atoms with Gasteiger partial charge in [0.05, 0.1) is 6.54 Å². The molecule has 1 unspecified atom stereocenters. The van der Waals surface area contributed by atoms with Crippen LogP contribution in [0, 0.1) is 5.92 Å². The lowest BCUT2D eigenvalue weighted by Crippen LogP contribution is -2.21. The summed E-state index contributed by atoms with van der Waals surface area (Å²) in [5, 5.41) is 11.3. The molecule has 0 amide bonds. The molecule has 0 aromatic carbocycles. The molecule has 0 spiro atoms. The molecule has 1 atom stereocenters. The Morgan fingerprint density at radius 1 is 1.20 bits per heavy atom. The summed E-state index contributed by atoms with van der Waals surface area (Å²) >= 11 is 0. The van der Waals surface area contributed by atoms with Crippen LogP contribution in [0.3, 0.4) is 0 Å². The van der Waals surface area contributed by atoms with E-state index in [1.807, 2.05) is 0 Å². The maximum Gasteiger partial charge on any atom is 0.230 e. The van der Waals surface area contributed by atoms with Crippen molar-refractivity contribution in [3.63, 3.8) is 0 Å². The van der Waals surface area contributed by atoms with Crippen molar-refractivity contribution in [1.29, 1.82) is 0 Å². The smallest absolute Gasteiger partial charge is 0.230 e. The Morgan fingerprint density at radius 2 is 1.87 bits per heavy atom. The van der Waals surface area contributed by atoms with E-state index in [1.54, 1.807) is 0 Å². The molecule has 1 aromatic rings. The third-order valence-electron chi connectivity index (χ3n) is 2.39. The third kappa shape index (κ3) is 4.42. The molecule has 1 rings (SSSR count). The van der Waals surface area contributed by atoms with E-state index in [0.29, 0.717) is 24.4 Å². The van der Waals surface area contributed by atoms with E-state index in [9.17, 15) is 0 Å². The summed E-state index contributed by atoms with van der Waals surface area (Å²) in [6, 6.07) is 0.440. The van der Waals surface area contributed by atoms with Gasteiger partial charge in [0.25, 0.3) is 0 Å². The summed E-state index contributed by atoms with van der Waals surface area (Å²) in [5.41, 5.74) is 0. The van der Waals surface area contributed by atoms with Crippen LogP contribution in [0.4, 0.5) is 0 Å². The standard InChI is InChI=1S/C11H21N3O/c1-5-9(4)6-10-13-14-11(15-10)7-12-8(2)3/h8-9,12H,5-7H2,1-4H3. The predicted molar refractivity (Wildman–Crippen MR) is 59.4 cm³/mol. The van der Waals surface area contributed by atoms with E-state index in [2.05, 4.69) is 43.2 Å². The van der Waals surface area contributed by atoms with Crippen LogP contribution < -0.4 is 5.32 Å². The van der Waals surface area contributed by atoms with Gasteiger partial charge in [-0.2, -0.15) is 0 Å². The average molecular weight is 211 g/mol. The second-order valence-corrected chi connectivity index (χ2v) is 4.34. The van der Waals surface area contributed by atoms with Crippen LogP contribution in [-0.2, 0) is 13.0 Å². The number of aromatic nitrogens is 2. The van der Waals surface area contributed by atoms with Crippen LogP contribution in [0.5, 0.6) is 0 Å². The highest BCUT2D eigenvalue weighted by atomic mass is 16.4. The molecule has 4 heteroatoms. The van der Waals surface area contributed by atoms with Crippen molar-refractivity contribution < 1.29 is 4.42 Å². The molecular formula is C11H21N3O. The Kier molecular flexibility index (Phi) is 4.75. The lowest BCUT2D eigenvalue weighted by Gasteiger charge is -2.04. The van der Waals surface area contributed by atoms with Gasteiger partial charge in [0.2, 0.25) is 11.8 Å². The van der Waals surface area contributed by atoms with Crippen molar-refractivity contribution in [1.82, 2.24) is 15.5 Å². The fourth-order valence-corrected chi connectivity index (χ4v) is 1.18. The Morgan fingerprint density at radius 3 is 2.47 bits per heavy atom. The largest absolute Gasteiger partial charge is 0.424 e. The van der Waals surface area contributed by atoms with Gasteiger partial charge >= 0.3 is 0 Å². The van der Waals surface area contributed by atoms with Gasteiger partial charge in [-0.05, 0) is 5.92 Å². The number of rotatable bonds is 6. The molecule has 0 radical (unpaired) electrons. The Balaban J connectivity index is 2.42. The third-order valence-corrected chi connectivity index (χ3v) is 2.39. The van der Waals surface area contributed by atoms with Crippen LogP contribution in [-0.4, -0.2) is 16.2 Å². The molecule has 15 heavy (non-hydrogen) atoms. The van der Waals surface area contributed by atoms with Crippen molar-refractivity contribution in [2.24, 2.45) is 5.92 Å². The molecule has 0 aliphatic carbocycles. The minimum Gasteiger partial charge on any atom is -0.424 e. The van der Waals surface area contributed by atoms with Gasteiger partial charge in [-0.3, -0.25) is 0 Å². The second kappa shape index (κ2) is 5.85. The van der Waals surface area contributed by atoms with E-state index in [-0.39, 0.29) is 0 Å². The fraction of sp³-hybridized carbons (Fsp3) is 0.818. The van der Waals surface area contributed by atoms with E-state index >= 15 is 0 Å². The topological polar surface area (TPSA) is 51.0 Å². The second-order valence-electron chi connectivity index (χ2n) is 4.34. The minimum absolute atomic E-state index is 0.440. The van der Waals surface area contributed by atoms with Crippen LogP contribution in [0.25, 0.3) is 0 Å². The summed E-state index contributed by atoms with van der Waals surface area (Å²) in [7, 11) is 0. The van der Waals surface area contributed by atoms with Crippen molar-refractivity contribution in [2.75, 3.05) is 0 Å². The van der Waals surface area contributed by atoms with Crippen LogP contribution in [0.1, 0.15) is 45.9 Å². The Labute approximate surface area is 91.5 Å². The molecule has 4 nitrogen and oxygen atoms in total. The zero-order chi connectivity index (χ0) is 11.3. The molecule has 1 heterocycles. The molecule has 0 saturated carbocycles. The Bertz CT molecular complexity index is 283. The molecule has 1 N–H and O–H groups in total. The summed E-state index contributed by atoms with van der Waals surface area (Å²) in [5.74, 6) is 2.04. The Hall–Kier alpha value is -0.900. The number of nitrogens with one attached hydrogen (secondary N) is 1. The number of hydrogen-bond acceptors (Lipinski definition) is 4. The van der Waals surface area contributed by atoms with Gasteiger partial charge in [-0.15, -0.1) is 10.2 Å². The highest BCUT2D eigenvalue weighted by Gasteiger charge is 2.09. The monoisotopic (exact) mass is 211 g/mol. The van der Waals surface area contributed by atoms with Gasteiger partial charge in [0.15, 0.2) is 0 Å². The van der Waals surface area contributed by atoms with Crippen LogP contribution in [0.2, 0.25) is 0 Å². The van der Waals surface area contributed by atoms with Gasteiger partial charge < -0.3 is 9.73 Å². The van der Waals surface area contributed by atoms with E-state index in [1.165, 1.54) is 0 Å².